The minimum atomic E-state index is -0.0173. The normalized spacial score (nSPS) is 17.1. The molecule has 6 nitrogen and oxygen atoms in total. The number of nitrogens with zero attached hydrogens (tertiary/aromatic N) is 4. The van der Waals surface area contributed by atoms with Gasteiger partial charge in [-0.2, -0.15) is 4.98 Å². The fourth-order valence-corrected chi connectivity index (χ4v) is 4.24. The molecule has 2 aromatic heterocycles. The first-order chi connectivity index (χ1) is 14.5. The van der Waals surface area contributed by atoms with Crippen LogP contribution in [0.1, 0.15) is 44.1 Å². The Morgan fingerprint density at radius 3 is 2.47 bits per heavy atom. The highest BCUT2D eigenvalue weighted by Gasteiger charge is 2.29. The van der Waals surface area contributed by atoms with Crippen molar-refractivity contribution in [3.63, 3.8) is 0 Å². The summed E-state index contributed by atoms with van der Waals surface area (Å²) in [5.41, 5.74) is 1.53. The molecule has 0 aliphatic carbocycles. The lowest BCUT2D eigenvalue weighted by Gasteiger charge is -2.38. The van der Waals surface area contributed by atoms with Gasteiger partial charge in [0.15, 0.2) is 0 Å². The van der Waals surface area contributed by atoms with E-state index in [4.69, 9.17) is 9.40 Å². The first kappa shape index (κ1) is 20.8. The summed E-state index contributed by atoms with van der Waals surface area (Å²) < 4.78 is 7.45. The number of fused-ring (bicyclic) bond motifs is 1. The van der Waals surface area contributed by atoms with Crippen molar-refractivity contribution in [2.45, 2.75) is 39.3 Å². The molecule has 1 aromatic carbocycles. The molecule has 1 aliphatic rings. The average molecular weight is 409 g/mol. The van der Waals surface area contributed by atoms with Gasteiger partial charge in [-0.3, -0.25) is 14.3 Å². The summed E-state index contributed by atoms with van der Waals surface area (Å²) in [7, 11) is 2.17. The third-order valence-electron chi connectivity index (χ3n) is 6.09. The zero-order valence-corrected chi connectivity index (χ0v) is 18.3. The van der Waals surface area contributed by atoms with Crippen molar-refractivity contribution >= 4 is 11.1 Å². The van der Waals surface area contributed by atoms with Crippen LogP contribution in [0.2, 0.25) is 0 Å². The molecule has 0 spiro atoms. The molecule has 3 aromatic rings. The monoisotopic (exact) mass is 408 g/mol. The molecule has 160 valence electrons. The zero-order valence-electron chi connectivity index (χ0n) is 18.3. The molecule has 0 bridgehead atoms. The van der Waals surface area contributed by atoms with E-state index in [0.29, 0.717) is 23.6 Å². The highest BCUT2D eigenvalue weighted by atomic mass is 16.3. The lowest BCUT2D eigenvalue weighted by atomic mass is 10.0. The second-order valence-corrected chi connectivity index (χ2v) is 8.81. The lowest BCUT2D eigenvalue weighted by molar-refractivity contribution is 0.0969. The quantitative estimate of drug-likeness (QED) is 0.596. The maximum atomic E-state index is 13.4. The van der Waals surface area contributed by atoms with Gasteiger partial charge in [-0.15, -0.1) is 0 Å². The molecule has 1 saturated heterocycles. The summed E-state index contributed by atoms with van der Waals surface area (Å²) in [6.07, 6.45) is 3.64. The predicted octanol–water partition coefficient (Wildman–Crippen LogP) is 3.76. The van der Waals surface area contributed by atoms with Crippen LogP contribution < -0.4 is 5.56 Å². The fraction of sp³-hybridized carbons (Fsp3) is 0.500. The summed E-state index contributed by atoms with van der Waals surface area (Å²) in [6.45, 7) is 9.05. The van der Waals surface area contributed by atoms with Gasteiger partial charge in [-0.05, 0) is 37.4 Å². The zero-order chi connectivity index (χ0) is 21.1. The smallest absolute Gasteiger partial charge is 0.265 e. The van der Waals surface area contributed by atoms with Crippen molar-refractivity contribution in [1.82, 2.24) is 19.4 Å². The fourth-order valence-electron chi connectivity index (χ4n) is 4.24. The van der Waals surface area contributed by atoms with Crippen LogP contribution in [0.3, 0.4) is 0 Å². The van der Waals surface area contributed by atoms with Crippen LogP contribution in [0.25, 0.3) is 11.1 Å². The Bertz CT molecular complexity index is 1020. The Balaban J connectivity index is 1.79. The van der Waals surface area contributed by atoms with Gasteiger partial charge in [0, 0.05) is 26.2 Å². The molecule has 0 N–H and O–H groups in total. The molecule has 4 rings (SSSR count). The molecule has 1 fully saturated rings. The third-order valence-corrected chi connectivity index (χ3v) is 6.09. The van der Waals surface area contributed by atoms with Crippen molar-refractivity contribution in [1.29, 1.82) is 0 Å². The Morgan fingerprint density at radius 2 is 1.77 bits per heavy atom. The van der Waals surface area contributed by atoms with Gasteiger partial charge < -0.3 is 9.32 Å². The highest BCUT2D eigenvalue weighted by molar-refractivity contribution is 5.71. The van der Waals surface area contributed by atoms with Crippen LogP contribution >= 0.6 is 0 Å². The van der Waals surface area contributed by atoms with Gasteiger partial charge >= 0.3 is 0 Å². The molecule has 1 aliphatic heterocycles. The summed E-state index contributed by atoms with van der Waals surface area (Å²) >= 11 is 0. The molecule has 3 heterocycles. The van der Waals surface area contributed by atoms with Crippen LogP contribution in [0, 0.1) is 5.92 Å². The third kappa shape index (κ3) is 4.50. The molecular formula is C24H32N4O2. The van der Waals surface area contributed by atoms with E-state index in [2.05, 4.69) is 42.8 Å². The minimum absolute atomic E-state index is 0.0173. The largest absolute Gasteiger partial charge is 0.446 e. The van der Waals surface area contributed by atoms with E-state index in [1.54, 1.807) is 12.3 Å². The Kier molecular flexibility index (Phi) is 6.35. The number of aromatic nitrogens is 2. The van der Waals surface area contributed by atoms with Crippen molar-refractivity contribution in [2.24, 2.45) is 5.92 Å². The van der Waals surface area contributed by atoms with Crippen LogP contribution in [0.4, 0.5) is 0 Å². The first-order valence-corrected chi connectivity index (χ1v) is 11.0. The van der Waals surface area contributed by atoms with Crippen LogP contribution in [-0.4, -0.2) is 52.6 Å². The van der Waals surface area contributed by atoms with E-state index >= 15 is 0 Å². The molecule has 0 saturated carbocycles. The van der Waals surface area contributed by atoms with E-state index < -0.39 is 0 Å². The van der Waals surface area contributed by atoms with Crippen LogP contribution in [-0.2, 0) is 6.54 Å². The van der Waals surface area contributed by atoms with Crippen LogP contribution in [0.5, 0.6) is 0 Å². The molecular weight excluding hydrogens is 376 g/mol. The van der Waals surface area contributed by atoms with Crippen molar-refractivity contribution in [2.75, 3.05) is 33.2 Å². The van der Waals surface area contributed by atoms with Gasteiger partial charge in [0.25, 0.3) is 5.56 Å². The number of likely N-dealkylation sites (N-methyl/N-ethyl adjacent to an activating group) is 1. The average Bonchev–Trinajstić information content (AvgIpc) is 3.21. The van der Waals surface area contributed by atoms with E-state index in [9.17, 15) is 4.79 Å². The molecule has 1 unspecified atom stereocenters. The summed E-state index contributed by atoms with van der Waals surface area (Å²) in [5, 5.41) is 0.552. The van der Waals surface area contributed by atoms with Gasteiger partial charge in [0.1, 0.15) is 11.2 Å². The van der Waals surface area contributed by atoms with Crippen molar-refractivity contribution in [3.8, 4) is 0 Å². The van der Waals surface area contributed by atoms with E-state index in [1.807, 2.05) is 22.8 Å². The summed E-state index contributed by atoms with van der Waals surface area (Å²) in [5.74, 6) is 1.43. The Labute approximate surface area is 178 Å². The maximum absolute atomic E-state index is 13.4. The van der Waals surface area contributed by atoms with E-state index in [-0.39, 0.29) is 11.6 Å². The van der Waals surface area contributed by atoms with Gasteiger partial charge in [0.05, 0.1) is 18.8 Å². The number of rotatable bonds is 7. The molecule has 1 atom stereocenters. The van der Waals surface area contributed by atoms with Crippen LogP contribution in [0.15, 0.2) is 51.9 Å². The number of benzene rings is 1. The lowest BCUT2D eigenvalue weighted by Crippen LogP contribution is -2.47. The first-order valence-electron chi connectivity index (χ1n) is 11.0. The molecule has 6 heteroatoms. The van der Waals surface area contributed by atoms with Crippen molar-refractivity contribution < 1.29 is 4.42 Å². The van der Waals surface area contributed by atoms with E-state index in [0.717, 1.165) is 50.4 Å². The predicted molar refractivity (Wildman–Crippen MR) is 120 cm³/mol. The molecule has 0 amide bonds. The number of piperazine rings is 1. The summed E-state index contributed by atoms with van der Waals surface area (Å²) in [6, 6.07) is 12.0. The standard InChI is InChI=1S/C24H32N4O2/c1-18(2)9-10-21(27-14-12-26(3)13-15-27)22-25-23-20(11-16-30-23)24(29)28(22)17-19-7-5-4-6-8-19/h4-8,11,16,18,21H,9-10,12-15,17H2,1-3H3. The van der Waals surface area contributed by atoms with Gasteiger partial charge in [0.2, 0.25) is 5.71 Å². The summed E-state index contributed by atoms with van der Waals surface area (Å²) in [4.78, 5) is 23.2. The second kappa shape index (κ2) is 9.14. The van der Waals surface area contributed by atoms with Gasteiger partial charge in [-0.25, -0.2) is 0 Å². The van der Waals surface area contributed by atoms with E-state index in [1.165, 1.54) is 0 Å². The van der Waals surface area contributed by atoms with Crippen molar-refractivity contribution in [3.05, 3.63) is 64.4 Å². The Morgan fingerprint density at radius 1 is 1.03 bits per heavy atom. The number of hydrogen-bond acceptors (Lipinski definition) is 5. The highest BCUT2D eigenvalue weighted by Crippen LogP contribution is 2.28. The minimum Gasteiger partial charge on any atom is -0.446 e. The maximum Gasteiger partial charge on any atom is 0.265 e. The Hall–Kier alpha value is -2.44. The number of hydrogen-bond donors (Lipinski definition) is 0. The molecule has 30 heavy (non-hydrogen) atoms. The SMILES string of the molecule is CC(C)CCC(c1nc2occc2c(=O)n1Cc1ccccc1)N1CCN(C)CC1. The number of furan rings is 1. The second-order valence-electron chi connectivity index (χ2n) is 8.81. The topological polar surface area (TPSA) is 54.5 Å². The molecule has 0 radical (unpaired) electrons. The van der Waals surface area contributed by atoms with Gasteiger partial charge in [-0.1, -0.05) is 44.2 Å².